The summed E-state index contributed by atoms with van der Waals surface area (Å²) in [6.45, 7) is 0.457. The van der Waals surface area contributed by atoms with Crippen LogP contribution in [0.4, 0.5) is 24.5 Å². The summed E-state index contributed by atoms with van der Waals surface area (Å²) in [7, 11) is 0. The van der Waals surface area contributed by atoms with E-state index in [0.29, 0.717) is 25.7 Å². The second-order valence-electron chi connectivity index (χ2n) is 4.50. The lowest BCUT2D eigenvalue weighted by Gasteiger charge is -2.23. The van der Waals surface area contributed by atoms with Gasteiger partial charge in [-0.3, -0.25) is 10.1 Å². The van der Waals surface area contributed by atoms with E-state index in [0.717, 1.165) is 12.1 Å². The molecule has 1 atom stereocenters. The number of benzene rings is 1. The lowest BCUT2D eigenvalue weighted by molar-refractivity contribution is -0.388. The van der Waals surface area contributed by atoms with Crippen molar-refractivity contribution in [3.63, 3.8) is 0 Å². The van der Waals surface area contributed by atoms with Crippen LogP contribution in [0.5, 0.6) is 0 Å². The molecule has 0 bridgehead atoms. The van der Waals surface area contributed by atoms with E-state index in [1.807, 2.05) is 0 Å². The standard InChI is InChI=1S/C12H11F3N2O3/c13-12(14,15)10-6-8(3-4-11(10)17(19)20)16-5-1-2-9(16)7-18/h3-4,6-7,9H,1-2,5H2. The molecule has 1 fully saturated rings. The quantitative estimate of drug-likeness (QED) is 0.487. The normalized spacial score (nSPS) is 19.1. The molecule has 0 aliphatic carbocycles. The Morgan fingerprint density at radius 3 is 2.65 bits per heavy atom. The minimum absolute atomic E-state index is 0.178. The number of nitro groups is 1. The number of halogens is 3. The molecule has 1 heterocycles. The summed E-state index contributed by atoms with van der Waals surface area (Å²) in [6.07, 6.45) is -2.86. The zero-order valence-corrected chi connectivity index (χ0v) is 10.3. The van der Waals surface area contributed by atoms with Crippen molar-refractivity contribution in [3.05, 3.63) is 33.9 Å². The summed E-state index contributed by atoms with van der Waals surface area (Å²) in [4.78, 5) is 22.0. The van der Waals surface area contributed by atoms with Gasteiger partial charge in [0.1, 0.15) is 11.8 Å². The molecule has 1 aliphatic heterocycles. The molecule has 0 radical (unpaired) electrons. The number of carbonyl (C=O) groups excluding carboxylic acids is 1. The van der Waals surface area contributed by atoms with Crippen LogP contribution in [0.3, 0.4) is 0 Å². The van der Waals surface area contributed by atoms with Crippen molar-refractivity contribution >= 4 is 17.7 Å². The minimum Gasteiger partial charge on any atom is -0.362 e. The van der Waals surface area contributed by atoms with E-state index in [1.165, 1.54) is 11.0 Å². The van der Waals surface area contributed by atoms with E-state index < -0.39 is 28.4 Å². The highest BCUT2D eigenvalue weighted by molar-refractivity contribution is 5.68. The van der Waals surface area contributed by atoms with Gasteiger partial charge in [-0.2, -0.15) is 13.2 Å². The molecule has 0 N–H and O–H groups in total. The Balaban J connectivity index is 2.47. The first-order chi connectivity index (χ1) is 9.34. The van der Waals surface area contributed by atoms with E-state index in [2.05, 4.69) is 0 Å². The summed E-state index contributed by atoms with van der Waals surface area (Å²) >= 11 is 0. The van der Waals surface area contributed by atoms with Crippen molar-refractivity contribution in [2.75, 3.05) is 11.4 Å². The Morgan fingerprint density at radius 1 is 1.40 bits per heavy atom. The van der Waals surface area contributed by atoms with Crippen LogP contribution in [-0.4, -0.2) is 23.8 Å². The number of hydrogen-bond donors (Lipinski definition) is 0. The van der Waals surface area contributed by atoms with E-state index in [1.54, 1.807) is 0 Å². The Hall–Kier alpha value is -2.12. The summed E-state index contributed by atoms with van der Waals surface area (Å²) in [5, 5.41) is 10.7. The number of hydrogen-bond acceptors (Lipinski definition) is 4. The molecule has 1 saturated heterocycles. The van der Waals surface area contributed by atoms with Crippen LogP contribution in [0.15, 0.2) is 18.2 Å². The highest BCUT2D eigenvalue weighted by Crippen LogP contribution is 2.39. The second kappa shape index (κ2) is 5.10. The molecule has 0 saturated carbocycles. The molecular formula is C12H11F3N2O3. The van der Waals surface area contributed by atoms with E-state index in [9.17, 15) is 28.1 Å². The van der Waals surface area contributed by atoms with Crippen LogP contribution in [0, 0.1) is 10.1 Å². The van der Waals surface area contributed by atoms with Gasteiger partial charge < -0.3 is 9.69 Å². The molecule has 1 aromatic carbocycles. The number of nitrogens with zero attached hydrogens (tertiary/aromatic N) is 2. The zero-order valence-electron chi connectivity index (χ0n) is 10.3. The van der Waals surface area contributed by atoms with Gasteiger partial charge >= 0.3 is 6.18 Å². The van der Waals surface area contributed by atoms with Crippen molar-refractivity contribution in [1.82, 2.24) is 0 Å². The van der Waals surface area contributed by atoms with Crippen molar-refractivity contribution in [2.45, 2.75) is 25.1 Å². The van der Waals surface area contributed by atoms with Gasteiger partial charge in [0.15, 0.2) is 0 Å². The summed E-state index contributed by atoms with van der Waals surface area (Å²) in [6, 6.07) is 2.34. The first kappa shape index (κ1) is 14.3. The molecule has 0 aromatic heterocycles. The number of nitro benzene ring substituents is 1. The van der Waals surface area contributed by atoms with Gasteiger partial charge in [-0.15, -0.1) is 0 Å². The predicted octanol–water partition coefficient (Wildman–Crippen LogP) is 2.78. The van der Waals surface area contributed by atoms with Crippen LogP contribution < -0.4 is 4.90 Å². The number of aldehydes is 1. The third-order valence-corrected chi connectivity index (χ3v) is 3.27. The van der Waals surface area contributed by atoms with Gasteiger partial charge in [0.2, 0.25) is 0 Å². The topological polar surface area (TPSA) is 63.5 Å². The third-order valence-electron chi connectivity index (χ3n) is 3.27. The Bertz CT molecular complexity index is 545. The maximum Gasteiger partial charge on any atom is 0.423 e. The van der Waals surface area contributed by atoms with Crippen LogP contribution in [-0.2, 0) is 11.0 Å². The van der Waals surface area contributed by atoms with Gasteiger partial charge in [0.05, 0.1) is 11.0 Å². The van der Waals surface area contributed by atoms with Crippen molar-refractivity contribution < 1.29 is 22.9 Å². The number of anilines is 1. The van der Waals surface area contributed by atoms with E-state index in [4.69, 9.17) is 0 Å². The summed E-state index contributed by atoms with van der Waals surface area (Å²) in [5.41, 5.74) is -2.10. The molecule has 1 aliphatic rings. The number of carbonyl (C=O) groups is 1. The first-order valence-electron chi connectivity index (χ1n) is 5.92. The smallest absolute Gasteiger partial charge is 0.362 e. The summed E-state index contributed by atoms with van der Waals surface area (Å²) < 4.78 is 38.6. The predicted molar refractivity (Wildman–Crippen MR) is 64.5 cm³/mol. The van der Waals surface area contributed by atoms with E-state index in [-0.39, 0.29) is 5.69 Å². The average Bonchev–Trinajstić information content (AvgIpc) is 2.85. The Kier molecular flexibility index (Phi) is 3.65. The van der Waals surface area contributed by atoms with Gasteiger partial charge in [-0.05, 0) is 25.0 Å². The minimum atomic E-state index is -4.81. The zero-order chi connectivity index (χ0) is 14.9. The third kappa shape index (κ3) is 2.59. The maximum absolute atomic E-state index is 12.9. The van der Waals surface area contributed by atoms with Gasteiger partial charge in [-0.1, -0.05) is 0 Å². The monoisotopic (exact) mass is 288 g/mol. The van der Waals surface area contributed by atoms with Crippen LogP contribution >= 0.6 is 0 Å². The van der Waals surface area contributed by atoms with Gasteiger partial charge in [0, 0.05) is 18.3 Å². The lowest BCUT2D eigenvalue weighted by Crippen LogP contribution is -2.30. The highest BCUT2D eigenvalue weighted by Gasteiger charge is 2.39. The molecule has 20 heavy (non-hydrogen) atoms. The van der Waals surface area contributed by atoms with Crippen molar-refractivity contribution in [3.8, 4) is 0 Å². The fourth-order valence-corrected chi connectivity index (χ4v) is 2.34. The molecule has 0 amide bonds. The maximum atomic E-state index is 12.9. The van der Waals surface area contributed by atoms with Gasteiger partial charge in [0.25, 0.3) is 5.69 Å². The SMILES string of the molecule is O=CC1CCCN1c1ccc([N+](=O)[O-])c(C(F)(F)F)c1. The van der Waals surface area contributed by atoms with Crippen LogP contribution in [0.2, 0.25) is 0 Å². The fraction of sp³-hybridized carbons (Fsp3) is 0.417. The van der Waals surface area contributed by atoms with E-state index >= 15 is 0 Å². The lowest BCUT2D eigenvalue weighted by atomic mass is 10.1. The molecule has 0 spiro atoms. The van der Waals surface area contributed by atoms with Gasteiger partial charge in [-0.25, -0.2) is 0 Å². The molecule has 8 heteroatoms. The average molecular weight is 288 g/mol. The molecule has 2 rings (SSSR count). The molecule has 108 valence electrons. The fourth-order valence-electron chi connectivity index (χ4n) is 2.34. The van der Waals surface area contributed by atoms with Crippen molar-refractivity contribution in [1.29, 1.82) is 0 Å². The molecule has 5 nitrogen and oxygen atoms in total. The number of alkyl halides is 3. The summed E-state index contributed by atoms with van der Waals surface area (Å²) in [5.74, 6) is 0. The number of rotatable bonds is 3. The largest absolute Gasteiger partial charge is 0.423 e. The Morgan fingerprint density at radius 2 is 2.10 bits per heavy atom. The highest BCUT2D eigenvalue weighted by atomic mass is 19.4. The molecular weight excluding hydrogens is 277 g/mol. The van der Waals surface area contributed by atoms with Crippen LogP contribution in [0.25, 0.3) is 0 Å². The first-order valence-corrected chi connectivity index (χ1v) is 5.92. The second-order valence-corrected chi connectivity index (χ2v) is 4.50. The molecule has 1 aromatic rings. The van der Waals surface area contributed by atoms with Crippen LogP contribution in [0.1, 0.15) is 18.4 Å². The van der Waals surface area contributed by atoms with Crippen molar-refractivity contribution in [2.24, 2.45) is 0 Å². The molecule has 1 unspecified atom stereocenters. The Labute approximate surface area is 112 Å².